The van der Waals surface area contributed by atoms with Gasteiger partial charge in [-0.1, -0.05) is 363 Å². The van der Waals surface area contributed by atoms with E-state index in [2.05, 4.69) is 106 Å². The van der Waals surface area contributed by atoms with Crippen LogP contribution in [-0.2, 0) is 28.6 Å². The van der Waals surface area contributed by atoms with E-state index >= 15 is 0 Å². The number of unbranched alkanes of at least 4 members (excludes halogenated alkanes) is 41. The van der Waals surface area contributed by atoms with Gasteiger partial charge in [-0.05, 0) is 70.6 Å². The maximum absolute atomic E-state index is 12.9. The standard InChI is InChI=1S/C77H136O6/c1-4-7-10-13-16-19-22-25-28-30-32-34-36-37-38-39-41-42-44-46-49-52-55-58-61-64-67-70-76(79)82-73-74(72-81-75(78)69-66-63-60-57-54-51-48-27-24-21-18-15-12-9-6-3)83-77(80)71-68-65-62-59-56-53-50-47-45-43-40-35-33-31-29-26-23-20-17-14-11-8-5-2/h8,11,17,20,26,29,33,35,43,45,50,53,59,62,74H,4-7,9-10,12-16,18-19,21-25,27-28,30-32,34,36-42,44,46-49,51-52,54-58,60-61,63-73H2,1-3H3/b11-8-,20-17-,29-26-,35-33-,45-43-,53-50-,62-59-. The second-order valence-corrected chi connectivity index (χ2v) is 24.1. The highest BCUT2D eigenvalue weighted by Crippen LogP contribution is 2.18. The highest BCUT2D eigenvalue weighted by Gasteiger charge is 2.19. The highest BCUT2D eigenvalue weighted by molar-refractivity contribution is 5.71. The first-order valence-corrected chi connectivity index (χ1v) is 36.1. The zero-order valence-electron chi connectivity index (χ0n) is 55.2. The Morgan fingerprint density at radius 1 is 0.253 bits per heavy atom. The van der Waals surface area contributed by atoms with Crippen molar-refractivity contribution in [1.29, 1.82) is 0 Å². The third kappa shape index (κ3) is 69.3. The number of hydrogen-bond acceptors (Lipinski definition) is 6. The fourth-order valence-corrected chi connectivity index (χ4v) is 10.6. The van der Waals surface area contributed by atoms with Crippen molar-refractivity contribution in [2.24, 2.45) is 0 Å². The lowest BCUT2D eigenvalue weighted by molar-refractivity contribution is -0.167. The van der Waals surface area contributed by atoms with Crippen molar-refractivity contribution in [3.8, 4) is 0 Å². The average Bonchev–Trinajstić information content (AvgIpc) is 3.49. The van der Waals surface area contributed by atoms with E-state index in [0.29, 0.717) is 19.3 Å². The topological polar surface area (TPSA) is 78.9 Å². The van der Waals surface area contributed by atoms with E-state index in [1.807, 2.05) is 0 Å². The summed E-state index contributed by atoms with van der Waals surface area (Å²) in [5.41, 5.74) is 0. The Hall–Kier alpha value is -3.41. The van der Waals surface area contributed by atoms with Crippen LogP contribution in [0.1, 0.15) is 367 Å². The number of allylic oxidation sites excluding steroid dienone is 14. The second-order valence-electron chi connectivity index (χ2n) is 24.1. The van der Waals surface area contributed by atoms with Crippen LogP contribution in [0.15, 0.2) is 85.1 Å². The minimum atomic E-state index is -0.807. The molecule has 0 N–H and O–H groups in total. The molecule has 0 aromatic rings. The van der Waals surface area contributed by atoms with Crippen molar-refractivity contribution >= 4 is 17.9 Å². The summed E-state index contributed by atoms with van der Waals surface area (Å²) >= 11 is 0. The van der Waals surface area contributed by atoms with Crippen molar-refractivity contribution in [3.63, 3.8) is 0 Å². The van der Waals surface area contributed by atoms with Crippen LogP contribution in [-0.4, -0.2) is 37.2 Å². The molecule has 0 saturated carbocycles. The summed E-state index contributed by atoms with van der Waals surface area (Å²) in [6.07, 6.45) is 94.8. The van der Waals surface area contributed by atoms with Gasteiger partial charge >= 0.3 is 17.9 Å². The largest absolute Gasteiger partial charge is 0.462 e. The molecule has 0 spiro atoms. The van der Waals surface area contributed by atoms with Crippen molar-refractivity contribution in [1.82, 2.24) is 0 Å². The Morgan fingerprint density at radius 2 is 0.470 bits per heavy atom. The molecule has 0 heterocycles. The Morgan fingerprint density at radius 3 is 0.723 bits per heavy atom. The van der Waals surface area contributed by atoms with Gasteiger partial charge in [0.15, 0.2) is 6.10 Å². The number of hydrogen-bond donors (Lipinski definition) is 0. The maximum atomic E-state index is 12.9. The quantitative estimate of drug-likeness (QED) is 0.0261. The van der Waals surface area contributed by atoms with Gasteiger partial charge in [0, 0.05) is 19.3 Å². The second kappa shape index (κ2) is 71.1. The SMILES string of the molecule is CC/C=C\C/C=C\C/C=C\C/C=C\C/C=C\C/C=C\C/C=C\CCCC(=O)OC(COC(=O)CCCCCCCCCCCCCCCCC)COC(=O)CCCCCCCCCCCCCCCCCCCCCCCCCCCCC. The summed E-state index contributed by atoms with van der Waals surface area (Å²) in [5, 5.41) is 0. The van der Waals surface area contributed by atoms with E-state index in [1.54, 1.807) is 0 Å². The molecule has 0 radical (unpaired) electrons. The van der Waals surface area contributed by atoms with Crippen LogP contribution in [0, 0.1) is 0 Å². The molecule has 0 amide bonds. The molecule has 0 aliphatic heterocycles. The van der Waals surface area contributed by atoms with Gasteiger partial charge in [0.25, 0.3) is 0 Å². The van der Waals surface area contributed by atoms with E-state index in [4.69, 9.17) is 14.2 Å². The molecule has 1 unspecified atom stereocenters. The molecule has 0 aromatic heterocycles. The van der Waals surface area contributed by atoms with E-state index < -0.39 is 6.10 Å². The number of rotatable bonds is 66. The number of carbonyl (C=O) groups excluding carboxylic acids is 3. The minimum Gasteiger partial charge on any atom is -0.462 e. The van der Waals surface area contributed by atoms with Crippen molar-refractivity contribution < 1.29 is 28.6 Å². The Kier molecular flexibility index (Phi) is 68.2. The zero-order chi connectivity index (χ0) is 59.9. The van der Waals surface area contributed by atoms with E-state index in [-0.39, 0.29) is 37.5 Å². The van der Waals surface area contributed by atoms with Crippen molar-refractivity contribution in [3.05, 3.63) is 85.1 Å². The summed E-state index contributed by atoms with van der Waals surface area (Å²) in [7, 11) is 0. The predicted octanol–water partition coefficient (Wildman–Crippen LogP) is 25.0. The Balaban J connectivity index is 4.35. The molecule has 83 heavy (non-hydrogen) atoms. The van der Waals surface area contributed by atoms with Crippen LogP contribution in [0.4, 0.5) is 0 Å². The molecule has 0 saturated heterocycles. The summed E-state index contributed by atoms with van der Waals surface area (Å²) in [4.78, 5) is 38.4. The van der Waals surface area contributed by atoms with Gasteiger partial charge in [-0.2, -0.15) is 0 Å². The van der Waals surface area contributed by atoms with Crippen molar-refractivity contribution in [2.75, 3.05) is 13.2 Å². The van der Waals surface area contributed by atoms with Gasteiger partial charge < -0.3 is 14.2 Å². The van der Waals surface area contributed by atoms with Gasteiger partial charge in [-0.15, -0.1) is 0 Å². The first-order valence-electron chi connectivity index (χ1n) is 36.1. The number of ether oxygens (including phenoxy) is 3. The number of carbonyl (C=O) groups is 3. The lowest BCUT2D eigenvalue weighted by atomic mass is 10.0. The van der Waals surface area contributed by atoms with Gasteiger partial charge in [0.2, 0.25) is 0 Å². The molecule has 0 aliphatic rings. The average molecular weight is 1160 g/mol. The van der Waals surface area contributed by atoms with Crippen LogP contribution >= 0.6 is 0 Å². The van der Waals surface area contributed by atoms with Gasteiger partial charge in [-0.25, -0.2) is 0 Å². The molecular weight excluding hydrogens is 1020 g/mol. The molecule has 0 rings (SSSR count). The lowest BCUT2D eigenvalue weighted by Crippen LogP contribution is -2.30. The Labute approximate surface area is 515 Å². The summed E-state index contributed by atoms with van der Waals surface area (Å²) < 4.78 is 16.9. The lowest BCUT2D eigenvalue weighted by Gasteiger charge is -2.18. The molecule has 0 fully saturated rings. The first-order chi connectivity index (χ1) is 41.0. The van der Waals surface area contributed by atoms with E-state index in [9.17, 15) is 14.4 Å². The molecule has 0 bridgehead atoms. The fourth-order valence-electron chi connectivity index (χ4n) is 10.6. The summed E-state index contributed by atoms with van der Waals surface area (Å²) in [5.74, 6) is -0.933. The summed E-state index contributed by atoms with van der Waals surface area (Å²) in [6, 6.07) is 0. The molecule has 0 aliphatic carbocycles. The molecule has 480 valence electrons. The third-order valence-electron chi connectivity index (χ3n) is 15.9. The van der Waals surface area contributed by atoms with E-state index in [0.717, 1.165) is 89.9 Å². The highest BCUT2D eigenvalue weighted by atomic mass is 16.6. The molecule has 6 nitrogen and oxygen atoms in total. The summed E-state index contributed by atoms with van der Waals surface area (Å²) in [6.45, 7) is 6.54. The fraction of sp³-hybridized carbons (Fsp3) is 0.779. The van der Waals surface area contributed by atoms with E-state index in [1.165, 1.54) is 231 Å². The zero-order valence-corrected chi connectivity index (χ0v) is 55.2. The van der Waals surface area contributed by atoms with Crippen LogP contribution in [0.5, 0.6) is 0 Å². The first kappa shape index (κ1) is 79.6. The van der Waals surface area contributed by atoms with Crippen LogP contribution in [0.3, 0.4) is 0 Å². The smallest absolute Gasteiger partial charge is 0.306 e. The van der Waals surface area contributed by atoms with Crippen molar-refractivity contribution in [2.45, 2.75) is 374 Å². The minimum absolute atomic E-state index is 0.0951. The third-order valence-corrected chi connectivity index (χ3v) is 15.9. The number of esters is 3. The predicted molar refractivity (Wildman–Crippen MR) is 362 cm³/mol. The van der Waals surface area contributed by atoms with Gasteiger partial charge in [0.1, 0.15) is 13.2 Å². The van der Waals surface area contributed by atoms with Crippen LogP contribution in [0.2, 0.25) is 0 Å². The normalized spacial score (nSPS) is 12.6. The maximum Gasteiger partial charge on any atom is 0.306 e. The Bertz CT molecular complexity index is 1570. The van der Waals surface area contributed by atoms with Crippen LogP contribution < -0.4 is 0 Å². The molecule has 6 heteroatoms. The van der Waals surface area contributed by atoms with Gasteiger partial charge in [-0.3, -0.25) is 14.4 Å². The van der Waals surface area contributed by atoms with Gasteiger partial charge in [0.05, 0.1) is 0 Å². The molecule has 0 aromatic carbocycles. The molecule has 1 atom stereocenters. The van der Waals surface area contributed by atoms with Crippen LogP contribution in [0.25, 0.3) is 0 Å². The monoisotopic (exact) mass is 1160 g/mol. The molecular formula is C77H136O6.